The molecule has 3 aromatic rings. The molecule has 1 fully saturated rings. The number of carbonyl (C=O) groups is 1. The number of carbonyl (C=O) groups excluding carboxylic acids is 1. The van der Waals surface area contributed by atoms with Gasteiger partial charge in [0.05, 0.1) is 6.04 Å². The molecule has 2 aliphatic rings. The second kappa shape index (κ2) is 10.1. The van der Waals surface area contributed by atoms with E-state index in [2.05, 4.69) is 58.8 Å². The molecule has 1 aliphatic heterocycles. The monoisotopic (exact) mass is 457 g/mol. The van der Waals surface area contributed by atoms with E-state index < -0.39 is 0 Å². The zero-order valence-electron chi connectivity index (χ0n) is 16.9. The fraction of sp³-hybridized carbons (Fsp3) is 0.250. The standard InChI is InChI=1S/C24H23N3O2.2ClH/c28-24(27-14-13-26-23(15-27)17-9-11-25-12-10-17)29-16-22-20-7-3-1-5-18(20)19-6-2-4-8-21(19)22;;/h1-12,22-23,26H,13-16H2;2*1H. The van der Waals surface area contributed by atoms with Crippen LogP contribution in [0.3, 0.4) is 0 Å². The normalized spacial score (nSPS) is 17.0. The Bertz CT molecular complexity index is 987. The fourth-order valence-corrected chi connectivity index (χ4v) is 4.42. The van der Waals surface area contributed by atoms with Crippen molar-refractivity contribution in [2.75, 3.05) is 26.2 Å². The van der Waals surface area contributed by atoms with Gasteiger partial charge in [-0.15, -0.1) is 24.8 Å². The summed E-state index contributed by atoms with van der Waals surface area (Å²) >= 11 is 0. The summed E-state index contributed by atoms with van der Waals surface area (Å²) in [6.07, 6.45) is 3.32. The van der Waals surface area contributed by atoms with Crippen LogP contribution < -0.4 is 5.32 Å². The first kappa shape index (κ1) is 23.1. The number of amides is 1. The van der Waals surface area contributed by atoms with Crippen molar-refractivity contribution in [2.45, 2.75) is 12.0 Å². The topological polar surface area (TPSA) is 54.5 Å². The number of piperazine rings is 1. The smallest absolute Gasteiger partial charge is 0.409 e. The Morgan fingerprint density at radius 1 is 0.968 bits per heavy atom. The molecule has 5 nitrogen and oxygen atoms in total. The highest BCUT2D eigenvalue weighted by atomic mass is 35.5. The van der Waals surface area contributed by atoms with Crippen molar-refractivity contribution in [3.63, 3.8) is 0 Å². The molecule has 1 aromatic heterocycles. The third-order valence-electron chi connectivity index (χ3n) is 5.88. The van der Waals surface area contributed by atoms with Crippen LogP contribution in [0.4, 0.5) is 4.79 Å². The second-order valence-corrected chi connectivity index (χ2v) is 7.54. The largest absolute Gasteiger partial charge is 0.448 e. The first-order valence-electron chi connectivity index (χ1n) is 10.0. The summed E-state index contributed by atoms with van der Waals surface area (Å²) in [5, 5.41) is 3.47. The van der Waals surface area contributed by atoms with Gasteiger partial charge in [-0.05, 0) is 39.9 Å². The molecule has 5 rings (SSSR count). The Morgan fingerprint density at radius 2 is 1.58 bits per heavy atom. The van der Waals surface area contributed by atoms with Gasteiger partial charge in [-0.3, -0.25) is 4.98 Å². The van der Waals surface area contributed by atoms with Crippen molar-refractivity contribution >= 4 is 30.9 Å². The number of ether oxygens (including phenoxy) is 1. The number of nitrogens with one attached hydrogen (secondary N) is 1. The van der Waals surface area contributed by atoms with Gasteiger partial charge >= 0.3 is 6.09 Å². The molecule has 0 spiro atoms. The van der Waals surface area contributed by atoms with Crippen LogP contribution in [0.25, 0.3) is 11.1 Å². The van der Waals surface area contributed by atoms with Crippen LogP contribution in [0, 0.1) is 0 Å². The molecular formula is C24H25Cl2N3O2. The summed E-state index contributed by atoms with van der Waals surface area (Å²) in [5.41, 5.74) is 6.08. The molecule has 0 saturated carbocycles. The van der Waals surface area contributed by atoms with E-state index in [1.54, 1.807) is 17.3 Å². The highest BCUT2D eigenvalue weighted by Gasteiger charge is 2.31. The van der Waals surface area contributed by atoms with E-state index in [4.69, 9.17) is 4.74 Å². The second-order valence-electron chi connectivity index (χ2n) is 7.54. The average molecular weight is 458 g/mol. The number of nitrogens with zero attached hydrogens (tertiary/aromatic N) is 2. The van der Waals surface area contributed by atoms with Crippen LogP contribution in [-0.4, -0.2) is 42.2 Å². The Hall–Kier alpha value is -2.60. The van der Waals surface area contributed by atoms with Crippen LogP contribution in [-0.2, 0) is 4.74 Å². The first-order chi connectivity index (χ1) is 14.3. The molecule has 1 unspecified atom stereocenters. The lowest BCUT2D eigenvalue weighted by Gasteiger charge is -2.33. The van der Waals surface area contributed by atoms with Gasteiger partial charge in [0.1, 0.15) is 6.61 Å². The maximum Gasteiger partial charge on any atom is 0.409 e. The molecule has 2 aromatic carbocycles. The van der Waals surface area contributed by atoms with Gasteiger partial charge in [0.15, 0.2) is 0 Å². The summed E-state index contributed by atoms with van der Waals surface area (Å²) in [6.45, 7) is 2.35. The Balaban J connectivity index is 0.00000136. The lowest BCUT2D eigenvalue weighted by atomic mass is 9.98. The highest BCUT2D eigenvalue weighted by Crippen LogP contribution is 2.44. The van der Waals surface area contributed by atoms with Gasteiger partial charge in [-0.2, -0.15) is 0 Å². The number of hydrogen-bond donors (Lipinski definition) is 1. The van der Waals surface area contributed by atoms with Crippen LogP contribution in [0.15, 0.2) is 73.1 Å². The maximum atomic E-state index is 12.8. The van der Waals surface area contributed by atoms with E-state index in [0.29, 0.717) is 19.7 Å². The quantitative estimate of drug-likeness (QED) is 0.612. The molecule has 0 bridgehead atoms. The number of pyridine rings is 1. The molecule has 1 atom stereocenters. The van der Waals surface area contributed by atoms with Gasteiger partial charge in [-0.25, -0.2) is 4.79 Å². The lowest BCUT2D eigenvalue weighted by molar-refractivity contribution is 0.0883. The number of benzene rings is 2. The minimum absolute atomic E-state index is 0. The predicted molar refractivity (Wildman–Crippen MR) is 126 cm³/mol. The van der Waals surface area contributed by atoms with Gasteiger partial charge in [-0.1, -0.05) is 48.5 Å². The van der Waals surface area contributed by atoms with Crippen molar-refractivity contribution < 1.29 is 9.53 Å². The molecule has 1 saturated heterocycles. The summed E-state index contributed by atoms with van der Waals surface area (Å²) in [7, 11) is 0. The summed E-state index contributed by atoms with van der Waals surface area (Å²) in [4.78, 5) is 18.7. The molecular weight excluding hydrogens is 433 g/mol. The van der Waals surface area contributed by atoms with Crippen molar-refractivity contribution in [1.82, 2.24) is 15.2 Å². The number of aromatic nitrogens is 1. The molecule has 0 radical (unpaired) electrons. The van der Waals surface area contributed by atoms with Crippen LogP contribution >= 0.6 is 24.8 Å². The summed E-state index contributed by atoms with van der Waals surface area (Å²) in [5.74, 6) is 0.0882. The minimum Gasteiger partial charge on any atom is -0.448 e. The van der Waals surface area contributed by atoms with E-state index in [1.165, 1.54) is 22.3 Å². The molecule has 162 valence electrons. The number of hydrogen-bond acceptors (Lipinski definition) is 4. The summed E-state index contributed by atoms with van der Waals surface area (Å²) < 4.78 is 5.81. The van der Waals surface area contributed by atoms with Crippen molar-refractivity contribution in [3.8, 4) is 11.1 Å². The Morgan fingerprint density at radius 3 is 2.23 bits per heavy atom. The van der Waals surface area contributed by atoms with Gasteiger partial charge in [0.2, 0.25) is 0 Å². The molecule has 1 amide bonds. The van der Waals surface area contributed by atoms with Gasteiger partial charge < -0.3 is 15.0 Å². The number of rotatable bonds is 3. The third kappa shape index (κ3) is 4.54. The Labute approximate surface area is 194 Å². The molecule has 1 aliphatic carbocycles. The average Bonchev–Trinajstić information content (AvgIpc) is 3.12. The number of halogens is 2. The van der Waals surface area contributed by atoms with Gasteiger partial charge in [0, 0.05) is 37.9 Å². The zero-order valence-corrected chi connectivity index (χ0v) is 18.6. The van der Waals surface area contributed by atoms with E-state index in [1.807, 2.05) is 12.1 Å². The first-order valence-corrected chi connectivity index (χ1v) is 10.0. The molecule has 7 heteroatoms. The highest BCUT2D eigenvalue weighted by molar-refractivity contribution is 5.85. The van der Waals surface area contributed by atoms with E-state index in [-0.39, 0.29) is 42.9 Å². The molecule has 31 heavy (non-hydrogen) atoms. The third-order valence-corrected chi connectivity index (χ3v) is 5.88. The van der Waals surface area contributed by atoms with E-state index in [0.717, 1.165) is 12.1 Å². The fourth-order valence-electron chi connectivity index (χ4n) is 4.42. The molecule has 2 heterocycles. The van der Waals surface area contributed by atoms with Crippen molar-refractivity contribution in [2.24, 2.45) is 0 Å². The zero-order chi connectivity index (χ0) is 19.6. The van der Waals surface area contributed by atoms with E-state index >= 15 is 0 Å². The SMILES string of the molecule is Cl.Cl.O=C(OCC1c2ccccc2-c2ccccc21)N1CCNC(c2ccncc2)C1. The van der Waals surface area contributed by atoms with E-state index in [9.17, 15) is 4.79 Å². The van der Waals surface area contributed by atoms with Gasteiger partial charge in [0.25, 0.3) is 0 Å². The Kier molecular flexibility index (Phi) is 7.55. The molecule has 1 N–H and O–H groups in total. The predicted octanol–water partition coefficient (Wildman–Crippen LogP) is 4.82. The minimum atomic E-state index is -0.243. The van der Waals surface area contributed by atoms with Crippen LogP contribution in [0.1, 0.15) is 28.7 Å². The van der Waals surface area contributed by atoms with Crippen LogP contribution in [0.5, 0.6) is 0 Å². The maximum absolute atomic E-state index is 12.8. The van der Waals surface area contributed by atoms with Crippen molar-refractivity contribution in [1.29, 1.82) is 0 Å². The summed E-state index contributed by atoms with van der Waals surface area (Å²) in [6, 6.07) is 20.9. The number of fused-ring (bicyclic) bond motifs is 3. The van der Waals surface area contributed by atoms with Crippen molar-refractivity contribution in [3.05, 3.63) is 89.7 Å². The lowest BCUT2D eigenvalue weighted by Crippen LogP contribution is -2.48. The van der Waals surface area contributed by atoms with Crippen LogP contribution in [0.2, 0.25) is 0 Å².